The number of amides is 1. The summed E-state index contributed by atoms with van der Waals surface area (Å²) in [5, 5.41) is 0. The molecule has 110 valence electrons. The predicted octanol–water partition coefficient (Wildman–Crippen LogP) is 1.02. The lowest BCUT2D eigenvalue weighted by atomic mass is 9.84. The number of ether oxygens (including phenoxy) is 2. The summed E-state index contributed by atoms with van der Waals surface area (Å²) in [5.74, 6) is 0.833. The molecule has 1 fully saturated rings. The summed E-state index contributed by atoms with van der Waals surface area (Å²) in [6.07, 6.45) is 0. The first-order valence-electron chi connectivity index (χ1n) is 6.69. The van der Waals surface area contributed by atoms with Crippen LogP contribution in [0.15, 0.2) is 24.3 Å². The molecule has 1 amide bonds. The lowest BCUT2D eigenvalue weighted by molar-refractivity contribution is -0.140. The van der Waals surface area contributed by atoms with E-state index in [0.717, 1.165) is 11.3 Å². The molecule has 2 rings (SSSR count). The minimum Gasteiger partial charge on any atom is -0.497 e. The van der Waals surface area contributed by atoms with Crippen LogP contribution < -0.4 is 10.5 Å². The van der Waals surface area contributed by atoms with Crippen LogP contribution in [0.2, 0.25) is 0 Å². The molecule has 1 aliphatic rings. The van der Waals surface area contributed by atoms with Gasteiger partial charge in [-0.15, -0.1) is 0 Å². The molecule has 0 bridgehead atoms. The minimum atomic E-state index is -0.624. The topological polar surface area (TPSA) is 64.8 Å². The number of methoxy groups -OCH3 is 1. The molecule has 0 aliphatic carbocycles. The number of benzene rings is 1. The van der Waals surface area contributed by atoms with Gasteiger partial charge in [-0.2, -0.15) is 0 Å². The summed E-state index contributed by atoms with van der Waals surface area (Å²) in [7, 11) is 3.43. The Morgan fingerprint density at radius 3 is 2.65 bits per heavy atom. The van der Waals surface area contributed by atoms with Gasteiger partial charge < -0.3 is 20.1 Å². The average Bonchev–Trinajstić information content (AvgIpc) is 2.79. The highest BCUT2D eigenvalue weighted by molar-refractivity contribution is 5.83. The third-order valence-corrected chi connectivity index (χ3v) is 3.93. The number of nitrogens with zero attached hydrogens (tertiary/aromatic N) is 1. The third-order valence-electron chi connectivity index (χ3n) is 3.93. The highest BCUT2D eigenvalue weighted by Crippen LogP contribution is 2.29. The molecule has 5 heteroatoms. The second-order valence-corrected chi connectivity index (χ2v) is 5.55. The quantitative estimate of drug-likeness (QED) is 0.893. The molecule has 0 aromatic heterocycles. The van der Waals surface area contributed by atoms with Crippen molar-refractivity contribution in [2.24, 2.45) is 11.1 Å². The lowest BCUT2D eigenvalue weighted by Gasteiger charge is -2.30. The fourth-order valence-electron chi connectivity index (χ4n) is 2.42. The maximum absolute atomic E-state index is 12.5. The van der Waals surface area contributed by atoms with Crippen molar-refractivity contribution in [3.63, 3.8) is 0 Å². The van der Waals surface area contributed by atoms with Gasteiger partial charge in [0.25, 0.3) is 0 Å². The standard InChI is InChI=1S/C15H22N2O3/c1-15(10-20-9-13(15)16)14(18)17(2)8-11-4-6-12(19-3)7-5-11/h4-7,13H,8-10,16H2,1-3H3. The molecule has 1 aromatic carbocycles. The molecular formula is C15H22N2O3. The van der Waals surface area contributed by atoms with Crippen molar-refractivity contribution >= 4 is 5.91 Å². The highest BCUT2D eigenvalue weighted by Gasteiger charge is 2.45. The van der Waals surface area contributed by atoms with Gasteiger partial charge in [-0.25, -0.2) is 0 Å². The van der Waals surface area contributed by atoms with E-state index < -0.39 is 5.41 Å². The molecule has 2 N–H and O–H groups in total. The van der Waals surface area contributed by atoms with E-state index in [0.29, 0.717) is 19.8 Å². The molecule has 0 spiro atoms. The Balaban J connectivity index is 2.03. The molecule has 2 atom stereocenters. The SMILES string of the molecule is COc1ccc(CN(C)C(=O)C2(C)COCC2N)cc1. The van der Waals surface area contributed by atoms with E-state index in [-0.39, 0.29) is 11.9 Å². The third kappa shape index (κ3) is 2.78. The molecule has 1 aliphatic heterocycles. The van der Waals surface area contributed by atoms with Crippen molar-refractivity contribution in [1.82, 2.24) is 4.90 Å². The molecule has 0 saturated carbocycles. The van der Waals surface area contributed by atoms with Gasteiger partial charge in [0.1, 0.15) is 5.75 Å². The van der Waals surface area contributed by atoms with Crippen molar-refractivity contribution in [3.05, 3.63) is 29.8 Å². The Morgan fingerprint density at radius 1 is 1.50 bits per heavy atom. The van der Waals surface area contributed by atoms with Crippen molar-refractivity contribution in [3.8, 4) is 5.75 Å². The fraction of sp³-hybridized carbons (Fsp3) is 0.533. The van der Waals surface area contributed by atoms with E-state index in [4.69, 9.17) is 15.2 Å². The number of hydrogen-bond acceptors (Lipinski definition) is 4. The number of nitrogens with two attached hydrogens (primary N) is 1. The fourth-order valence-corrected chi connectivity index (χ4v) is 2.42. The molecule has 20 heavy (non-hydrogen) atoms. The number of carbonyl (C=O) groups excluding carboxylic acids is 1. The first-order valence-corrected chi connectivity index (χ1v) is 6.69. The summed E-state index contributed by atoms with van der Waals surface area (Å²) >= 11 is 0. The molecule has 0 radical (unpaired) electrons. The lowest BCUT2D eigenvalue weighted by Crippen LogP contribution is -2.50. The smallest absolute Gasteiger partial charge is 0.232 e. The molecule has 5 nitrogen and oxygen atoms in total. The van der Waals surface area contributed by atoms with E-state index in [2.05, 4.69) is 0 Å². The number of carbonyl (C=O) groups is 1. The van der Waals surface area contributed by atoms with E-state index in [1.54, 1.807) is 19.1 Å². The maximum Gasteiger partial charge on any atom is 0.232 e. The molecule has 1 heterocycles. The van der Waals surface area contributed by atoms with Crippen molar-refractivity contribution in [1.29, 1.82) is 0 Å². The Morgan fingerprint density at radius 2 is 2.15 bits per heavy atom. The molecule has 1 aromatic rings. The first-order chi connectivity index (χ1) is 9.47. The van der Waals surface area contributed by atoms with Crippen LogP contribution in [0, 0.1) is 5.41 Å². The summed E-state index contributed by atoms with van der Waals surface area (Å²) in [6.45, 7) is 3.25. The van der Waals surface area contributed by atoms with E-state index in [1.807, 2.05) is 31.2 Å². The Labute approximate surface area is 119 Å². The predicted molar refractivity (Wildman–Crippen MR) is 76.4 cm³/mol. The number of rotatable bonds is 4. The minimum absolute atomic E-state index is 0.0262. The molecule has 2 unspecified atom stereocenters. The van der Waals surface area contributed by atoms with Crippen LogP contribution in [0.3, 0.4) is 0 Å². The monoisotopic (exact) mass is 278 g/mol. The number of hydrogen-bond donors (Lipinski definition) is 1. The van der Waals surface area contributed by atoms with Crippen molar-refractivity contribution in [2.75, 3.05) is 27.4 Å². The molecule has 1 saturated heterocycles. The van der Waals surface area contributed by atoms with Crippen LogP contribution in [-0.2, 0) is 16.1 Å². The second kappa shape index (κ2) is 5.81. The molecular weight excluding hydrogens is 256 g/mol. The van der Waals surface area contributed by atoms with E-state index in [9.17, 15) is 4.79 Å². The summed E-state index contributed by atoms with van der Waals surface area (Å²) < 4.78 is 10.5. The van der Waals surface area contributed by atoms with Crippen LogP contribution in [-0.4, -0.2) is 44.2 Å². The summed E-state index contributed by atoms with van der Waals surface area (Å²) in [4.78, 5) is 14.3. The van der Waals surface area contributed by atoms with E-state index in [1.165, 1.54) is 0 Å². The van der Waals surface area contributed by atoms with Gasteiger partial charge in [-0.05, 0) is 24.6 Å². The Hall–Kier alpha value is -1.59. The van der Waals surface area contributed by atoms with Gasteiger partial charge in [-0.1, -0.05) is 12.1 Å². The van der Waals surface area contributed by atoms with Crippen molar-refractivity contribution < 1.29 is 14.3 Å². The maximum atomic E-state index is 12.5. The average molecular weight is 278 g/mol. The van der Waals surface area contributed by atoms with Gasteiger partial charge in [0, 0.05) is 19.6 Å². The van der Waals surface area contributed by atoms with Gasteiger partial charge >= 0.3 is 0 Å². The second-order valence-electron chi connectivity index (χ2n) is 5.55. The highest BCUT2D eigenvalue weighted by atomic mass is 16.5. The van der Waals surface area contributed by atoms with Gasteiger partial charge in [0.2, 0.25) is 5.91 Å². The Kier molecular flexibility index (Phi) is 4.30. The van der Waals surface area contributed by atoms with Crippen LogP contribution in [0.25, 0.3) is 0 Å². The van der Waals surface area contributed by atoms with E-state index >= 15 is 0 Å². The van der Waals surface area contributed by atoms with Gasteiger partial charge in [0.05, 0.1) is 25.7 Å². The van der Waals surface area contributed by atoms with Crippen LogP contribution in [0.1, 0.15) is 12.5 Å². The van der Waals surface area contributed by atoms with Crippen LogP contribution in [0.5, 0.6) is 5.75 Å². The van der Waals surface area contributed by atoms with Crippen LogP contribution in [0.4, 0.5) is 0 Å². The first kappa shape index (κ1) is 14.8. The summed E-state index contributed by atoms with van der Waals surface area (Å²) in [5.41, 5.74) is 6.42. The van der Waals surface area contributed by atoms with Gasteiger partial charge in [-0.3, -0.25) is 4.79 Å². The van der Waals surface area contributed by atoms with Crippen LogP contribution >= 0.6 is 0 Å². The normalized spacial score (nSPS) is 25.5. The largest absolute Gasteiger partial charge is 0.497 e. The summed E-state index contributed by atoms with van der Waals surface area (Å²) in [6, 6.07) is 7.44. The zero-order valence-electron chi connectivity index (χ0n) is 12.3. The van der Waals surface area contributed by atoms with Crippen molar-refractivity contribution in [2.45, 2.75) is 19.5 Å². The van der Waals surface area contributed by atoms with Gasteiger partial charge in [0.15, 0.2) is 0 Å². The zero-order valence-corrected chi connectivity index (χ0v) is 12.3. The zero-order chi connectivity index (χ0) is 14.8. The Bertz CT molecular complexity index is 475.